The van der Waals surface area contributed by atoms with Crippen LogP contribution in [-0.4, -0.2) is 16.8 Å². The van der Waals surface area contributed by atoms with E-state index in [-0.39, 0.29) is 38.5 Å². The van der Waals surface area contributed by atoms with E-state index < -0.39 is 11.6 Å². The number of halogens is 3. The van der Waals surface area contributed by atoms with Crippen molar-refractivity contribution in [2.24, 2.45) is 0 Å². The molecule has 5 rings (SSSR count). The predicted molar refractivity (Wildman–Crippen MR) is 125 cm³/mol. The van der Waals surface area contributed by atoms with Gasteiger partial charge in [0.2, 0.25) is 0 Å². The van der Waals surface area contributed by atoms with Crippen LogP contribution in [0, 0.1) is 17.5 Å². The molecule has 0 fully saturated rings. The molecule has 0 saturated heterocycles. The van der Waals surface area contributed by atoms with Gasteiger partial charge < -0.3 is 21.4 Å². The van der Waals surface area contributed by atoms with Gasteiger partial charge in [0.1, 0.15) is 17.5 Å². The summed E-state index contributed by atoms with van der Waals surface area (Å²) in [6, 6.07) is 13.5. The Morgan fingerprint density at radius 2 is 1.70 bits per heavy atom. The fourth-order valence-electron chi connectivity index (χ4n) is 3.69. The smallest absolute Gasteiger partial charge is 0.126 e. The number of nitrogens with one attached hydrogen (secondary N) is 3. The molecule has 1 aliphatic rings. The average molecular weight is 543 g/mol. The van der Waals surface area contributed by atoms with Gasteiger partial charge in [-0.05, 0) is 53.5 Å². The summed E-state index contributed by atoms with van der Waals surface area (Å²) in [6.45, 7) is 3.36. The van der Waals surface area contributed by atoms with E-state index in [1.54, 1.807) is 30.1 Å². The molecule has 1 aliphatic heterocycles. The largest absolute Gasteiger partial charge is 0.699 e. The quantitative estimate of drug-likeness (QED) is 0.277. The van der Waals surface area contributed by atoms with E-state index in [0.29, 0.717) is 34.1 Å². The third-order valence-electron chi connectivity index (χ3n) is 5.04. The molecular weight excluding hydrogens is 522 g/mol. The molecule has 0 bridgehead atoms. The van der Waals surface area contributed by atoms with E-state index in [9.17, 15) is 13.2 Å². The van der Waals surface area contributed by atoms with E-state index in [4.69, 9.17) is 11.5 Å². The molecule has 3 aromatic carbocycles. The zero-order chi connectivity index (χ0) is 22.8. The van der Waals surface area contributed by atoms with Gasteiger partial charge >= 0.3 is 0 Å². The van der Waals surface area contributed by atoms with Gasteiger partial charge in [-0.2, -0.15) is 0 Å². The SMILES string of the molecule is CC1CN(Cc2cc(F)cc(F)c2)c2cc([NH-])ccc2S1.[NH-]c1c[nH]c2ccc(F)cc12.[Y]. The van der Waals surface area contributed by atoms with Gasteiger partial charge in [-0.3, -0.25) is 0 Å². The van der Waals surface area contributed by atoms with Gasteiger partial charge in [-0.15, -0.1) is 23.1 Å². The number of H-pyrrole nitrogens is 1. The van der Waals surface area contributed by atoms with Gasteiger partial charge in [-0.25, -0.2) is 13.2 Å². The summed E-state index contributed by atoms with van der Waals surface area (Å²) in [5.74, 6) is -1.41. The molecule has 33 heavy (non-hydrogen) atoms. The van der Waals surface area contributed by atoms with Crippen LogP contribution in [0.5, 0.6) is 0 Å². The Bertz CT molecular complexity index is 1240. The number of hydrogen-bond acceptors (Lipinski definition) is 2. The van der Waals surface area contributed by atoms with Crippen molar-refractivity contribution in [2.45, 2.75) is 23.6 Å². The van der Waals surface area contributed by atoms with Crippen LogP contribution in [0.1, 0.15) is 12.5 Å². The number of aromatic amines is 1. The van der Waals surface area contributed by atoms with Gasteiger partial charge in [0.15, 0.2) is 0 Å². The van der Waals surface area contributed by atoms with Crippen LogP contribution in [-0.2, 0) is 39.3 Å². The predicted octanol–water partition coefficient (Wildman–Crippen LogP) is 8.14. The summed E-state index contributed by atoms with van der Waals surface area (Å²) in [6.07, 6.45) is 1.55. The Balaban J connectivity index is 0.000000215. The first kappa shape index (κ1) is 25.5. The van der Waals surface area contributed by atoms with E-state index in [2.05, 4.69) is 16.8 Å². The molecule has 0 saturated carbocycles. The monoisotopic (exact) mass is 543 g/mol. The third-order valence-corrected chi connectivity index (χ3v) is 6.20. The summed E-state index contributed by atoms with van der Waals surface area (Å²) in [5.41, 5.74) is 18.3. The number of aromatic nitrogens is 1. The van der Waals surface area contributed by atoms with Crippen LogP contribution < -0.4 is 4.90 Å². The Labute approximate surface area is 219 Å². The summed E-state index contributed by atoms with van der Waals surface area (Å²) in [5, 5.41) is 1.03. The summed E-state index contributed by atoms with van der Waals surface area (Å²) in [7, 11) is 0. The van der Waals surface area contributed by atoms with Crippen molar-refractivity contribution in [2.75, 3.05) is 11.4 Å². The minimum absolute atomic E-state index is 0. The Morgan fingerprint density at radius 1 is 0.970 bits per heavy atom. The first-order valence-electron chi connectivity index (χ1n) is 9.99. The first-order chi connectivity index (χ1) is 15.3. The standard InChI is InChI=1S/C16H15F2N2S.C8H6FN2.Y/c1-10-8-20(9-11-4-12(17)6-13(18)5-11)15-7-14(19)2-3-16(15)21-10;9-5-1-2-8-6(3-5)7(10)4-11-8;/h2-7,10,19H,8-9H2,1H3;1-4,10-11H;/q2*-1;. The zero-order valence-corrected chi connectivity index (χ0v) is 21.5. The number of anilines is 1. The second-order valence-corrected chi connectivity index (χ2v) is 9.14. The second kappa shape index (κ2) is 10.8. The number of rotatable bonds is 2. The molecule has 4 nitrogen and oxygen atoms in total. The van der Waals surface area contributed by atoms with Crippen molar-refractivity contribution >= 4 is 39.7 Å². The molecule has 1 aromatic heterocycles. The zero-order valence-electron chi connectivity index (χ0n) is 17.8. The molecule has 1 radical (unpaired) electrons. The number of thioether (sulfide) groups is 1. The van der Waals surface area contributed by atoms with Crippen molar-refractivity contribution in [1.29, 1.82) is 0 Å². The molecule has 2 heterocycles. The van der Waals surface area contributed by atoms with Crippen LogP contribution >= 0.6 is 11.8 Å². The second-order valence-electron chi connectivity index (χ2n) is 7.66. The molecule has 1 atom stereocenters. The van der Waals surface area contributed by atoms with Gasteiger partial charge in [0, 0.05) is 73.2 Å². The van der Waals surface area contributed by atoms with Crippen LogP contribution in [0.4, 0.5) is 30.2 Å². The maximum absolute atomic E-state index is 13.3. The molecule has 3 N–H and O–H groups in total. The van der Waals surface area contributed by atoms with Crippen molar-refractivity contribution in [3.63, 3.8) is 0 Å². The fourth-order valence-corrected chi connectivity index (χ4v) is 4.84. The normalized spacial score (nSPS) is 14.8. The summed E-state index contributed by atoms with van der Waals surface area (Å²) >= 11 is 1.77. The number of fused-ring (bicyclic) bond motifs is 2. The van der Waals surface area contributed by atoms with Crippen molar-refractivity contribution in [3.8, 4) is 0 Å². The van der Waals surface area contributed by atoms with Gasteiger partial charge in [0.25, 0.3) is 0 Å². The Hall–Kier alpha value is -2.16. The van der Waals surface area contributed by atoms with Crippen LogP contribution in [0.3, 0.4) is 0 Å². The van der Waals surface area contributed by atoms with Gasteiger partial charge in [0.05, 0.1) is 0 Å². The minimum Gasteiger partial charge on any atom is -0.699 e. The summed E-state index contributed by atoms with van der Waals surface area (Å²) < 4.78 is 39.2. The minimum atomic E-state index is -0.557. The molecule has 0 spiro atoms. The first-order valence-corrected chi connectivity index (χ1v) is 10.9. The van der Waals surface area contributed by atoms with E-state index >= 15 is 0 Å². The molecule has 0 aliphatic carbocycles. The number of nitrogens with zero attached hydrogens (tertiary/aromatic N) is 1. The Morgan fingerprint density at radius 3 is 2.42 bits per heavy atom. The molecule has 4 aromatic rings. The molecule has 169 valence electrons. The van der Waals surface area contributed by atoms with Crippen LogP contribution in [0.2, 0.25) is 0 Å². The molecule has 1 unspecified atom stereocenters. The van der Waals surface area contributed by atoms with E-state index in [1.807, 2.05) is 12.1 Å². The molecule has 9 heteroatoms. The topological polar surface area (TPSA) is 66.6 Å². The van der Waals surface area contributed by atoms with E-state index in [1.165, 1.54) is 24.3 Å². The van der Waals surface area contributed by atoms with Gasteiger partial charge in [-0.1, -0.05) is 19.1 Å². The molecule has 0 amide bonds. The molecular formula is C24H21F3N4SY-2. The summed E-state index contributed by atoms with van der Waals surface area (Å²) in [4.78, 5) is 6.06. The van der Waals surface area contributed by atoms with Crippen molar-refractivity contribution in [1.82, 2.24) is 4.98 Å². The fraction of sp³-hybridized carbons (Fsp3) is 0.167. The average Bonchev–Trinajstić information content (AvgIpc) is 3.08. The third kappa shape index (κ3) is 6.25. The number of benzene rings is 3. The Kier molecular flexibility index (Phi) is 8.37. The number of hydrogen-bond donors (Lipinski definition) is 1. The van der Waals surface area contributed by atoms with Crippen molar-refractivity contribution in [3.05, 3.63) is 95.3 Å². The van der Waals surface area contributed by atoms with E-state index in [0.717, 1.165) is 28.7 Å². The van der Waals surface area contributed by atoms with Crippen molar-refractivity contribution < 1.29 is 45.9 Å². The maximum atomic E-state index is 13.3. The van der Waals surface area contributed by atoms with Crippen LogP contribution in [0.15, 0.2) is 65.7 Å². The maximum Gasteiger partial charge on any atom is 0.126 e. The van der Waals surface area contributed by atoms with Crippen LogP contribution in [0.25, 0.3) is 22.4 Å².